The van der Waals surface area contributed by atoms with Gasteiger partial charge in [0.1, 0.15) is 11.9 Å². The maximum atomic E-state index is 11.2. The quantitative estimate of drug-likeness (QED) is 0.837. The van der Waals surface area contributed by atoms with Crippen molar-refractivity contribution in [3.8, 4) is 5.75 Å². The molecule has 0 aromatic heterocycles. The number of amides is 1. The Bertz CT molecular complexity index is 386. The van der Waals surface area contributed by atoms with E-state index >= 15 is 0 Å². The van der Waals surface area contributed by atoms with Gasteiger partial charge in [0.15, 0.2) is 0 Å². The van der Waals surface area contributed by atoms with Crippen molar-refractivity contribution in [2.75, 3.05) is 18.8 Å². The summed E-state index contributed by atoms with van der Waals surface area (Å²) in [6, 6.07) is 7.43. The van der Waals surface area contributed by atoms with E-state index in [2.05, 4.69) is 0 Å². The zero-order chi connectivity index (χ0) is 12.3. The maximum Gasteiger partial charge on any atom is 0.219 e. The Morgan fingerprint density at radius 2 is 1.83 bits per heavy atom. The van der Waals surface area contributed by atoms with Crippen molar-refractivity contribution in [1.82, 2.24) is 4.90 Å². The molecule has 1 aliphatic heterocycles. The molecule has 2 rings (SSSR count). The second kappa shape index (κ2) is 6.50. The zero-order valence-electron chi connectivity index (χ0n) is 10.5. The molecular formula is C13H19ClN2O2. The maximum absolute atomic E-state index is 11.2. The third-order valence-electron chi connectivity index (χ3n) is 3.07. The molecule has 1 fully saturated rings. The third kappa shape index (κ3) is 3.81. The Hall–Kier alpha value is -1.42. The average molecular weight is 271 g/mol. The lowest BCUT2D eigenvalue weighted by Gasteiger charge is -2.31. The minimum absolute atomic E-state index is 0. The molecule has 0 saturated carbocycles. The summed E-state index contributed by atoms with van der Waals surface area (Å²) in [6.45, 7) is 3.19. The van der Waals surface area contributed by atoms with Crippen LogP contribution in [0.4, 0.5) is 5.69 Å². The fourth-order valence-corrected chi connectivity index (χ4v) is 2.03. The number of nitrogen functional groups attached to an aromatic ring is 1. The highest BCUT2D eigenvalue weighted by molar-refractivity contribution is 5.85. The normalized spacial score (nSPS) is 15.9. The number of carbonyl (C=O) groups is 1. The number of hydrogen-bond acceptors (Lipinski definition) is 3. The lowest BCUT2D eigenvalue weighted by molar-refractivity contribution is -0.130. The molecule has 1 aromatic rings. The number of benzene rings is 1. The van der Waals surface area contributed by atoms with Crippen molar-refractivity contribution >= 4 is 24.0 Å². The molecule has 4 nitrogen and oxygen atoms in total. The first-order chi connectivity index (χ1) is 8.15. The SMILES string of the molecule is CC(=O)N1CCC(Oc2ccc(N)cc2)CC1.Cl. The molecule has 1 amide bonds. The molecule has 0 radical (unpaired) electrons. The molecule has 0 atom stereocenters. The van der Waals surface area contributed by atoms with Crippen molar-refractivity contribution in [3.05, 3.63) is 24.3 Å². The van der Waals surface area contributed by atoms with Crippen LogP contribution in [-0.4, -0.2) is 30.0 Å². The summed E-state index contributed by atoms with van der Waals surface area (Å²) in [5.74, 6) is 0.997. The molecular weight excluding hydrogens is 252 g/mol. The predicted molar refractivity (Wildman–Crippen MR) is 74.0 cm³/mol. The van der Waals surface area contributed by atoms with Crippen LogP contribution in [0.1, 0.15) is 19.8 Å². The lowest BCUT2D eigenvalue weighted by Crippen LogP contribution is -2.40. The highest BCUT2D eigenvalue weighted by Crippen LogP contribution is 2.20. The minimum atomic E-state index is 0. The molecule has 0 bridgehead atoms. The Labute approximate surface area is 114 Å². The summed E-state index contributed by atoms with van der Waals surface area (Å²) in [5, 5.41) is 0. The van der Waals surface area contributed by atoms with E-state index in [4.69, 9.17) is 10.5 Å². The summed E-state index contributed by atoms with van der Waals surface area (Å²) in [5.41, 5.74) is 6.35. The number of nitrogens with two attached hydrogens (primary N) is 1. The molecule has 18 heavy (non-hydrogen) atoms. The Morgan fingerprint density at radius 1 is 1.28 bits per heavy atom. The highest BCUT2D eigenvalue weighted by Gasteiger charge is 2.21. The fraction of sp³-hybridized carbons (Fsp3) is 0.462. The van der Waals surface area contributed by atoms with Gasteiger partial charge in [-0.05, 0) is 24.3 Å². The van der Waals surface area contributed by atoms with E-state index in [0.717, 1.165) is 37.4 Å². The number of rotatable bonds is 2. The predicted octanol–water partition coefficient (Wildman–Crippen LogP) is 2.08. The number of piperidine rings is 1. The van der Waals surface area contributed by atoms with Crippen molar-refractivity contribution in [3.63, 3.8) is 0 Å². The molecule has 2 N–H and O–H groups in total. The number of ether oxygens (including phenoxy) is 1. The molecule has 1 aromatic carbocycles. The zero-order valence-corrected chi connectivity index (χ0v) is 11.3. The first-order valence-electron chi connectivity index (χ1n) is 5.93. The van der Waals surface area contributed by atoms with E-state index in [1.165, 1.54) is 0 Å². The van der Waals surface area contributed by atoms with Crippen LogP contribution in [-0.2, 0) is 4.79 Å². The summed E-state index contributed by atoms with van der Waals surface area (Å²) >= 11 is 0. The van der Waals surface area contributed by atoms with E-state index in [1.54, 1.807) is 6.92 Å². The van der Waals surface area contributed by atoms with Gasteiger partial charge < -0.3 is 15.4 Å². The molecule has 0 spiro atoms. The van der Waals surface area contributed by atoms with Crippen molar-refractivity contribution in [1.29, 1.82) is 0 Å². The van der Waals surface area contributed by atoms with Crippen LogP contribution in [0.2, 0.25) is 0 Å². The first-order valence-corrected chi connectivity index (χ1v) is 5.93. The minimum Gasteiger partial charge on any atom is -0.490 e. The number of anilines is 1. The van der Waals surface area contributed by atoms with Gasteiger partial charge in [-0.15, -0.1) is 12.4 Å². The second-order valence-electron chi connectivity index (χ2n) is 4.39. The number of likely N-dealkylation sites (tertiary alicyclic amines) is 1. The summed E-state index contributed by atoms with van der Waals surface area (Å²) in [4.78, 5) is 13.0. The molecule has 0 unspecified atom stereocenters. The van der Waals surface area contributed by atoms with Gasteiger partial charge in [0, 0.05) is 38.5 Å². The van der Waals surface area contributed by atoms with E-state index in [0.29, 0.717) is 0 Å². The number of halogens is 1. The van der Waals surface area contributed by atoms with Crippen LogP contribution in [0.15, 0.2) is 24.3 Å². The Morgan fingerprint density at radius 3 is 2.33 bits per heavy atom. The Balaban J connectivity index is 0.00000162. The number of hydrogen-bond donors (Lipinski definition) is 1. The molecule has 100 valence electrons. The molecule has 0 aliphatic carbocycles. The summed E-state index contributed by atoms with van der Waals surface area (Å²) in [6.07, 6.45) is 1.99. The molecule has 1 saturated heterocycles. The molecule has 5 heteroatoms. The van der Waals surface area contributed by atoms with Crippen molar-refractivity contribution in [2.45, 2.75) is 25.9 Å². The number of nitrogens with zero attached hydrogens (tertiary/aromatic N) is 1. The van der Waals surface area contributed by atoms with Gasteiger partial charge in [0.05, 0.1) is 0 Å². The van der Waals surface area contributed by atoms with E-state index in [1.807, 2.05) is 29.2 Å². The Kier molecular flexibility index (Phi) is 5.28. The van der Waals surface area contributed by atoms with E-state index in [-0.39, 0.29) is 24.4 Å². The van der Waals surface area contributed by atoms with Gasteiger partial charge in [-0.3, -0.25) is 4.79 Å². The number of carbonyl (C=O) groups excluding carboxylic acids is 1. The summed E-state index contributed by atoms with van der Waals surface area (Å²) in [7, 11) is 0. The largest absolute Gasteiger partial charge is 0.490 e. The van der Waals surface area contributed by atoms with Crippen LogP contribution in [0.25, 0.3) is 0 Å². The van der Waals surface area contributed by atoms with Gasteiger partial charge in [0.25, 0.3) is 0 Å². The standard InChI is InChI=1S/C13H18N2O2.ClH/c1-10(16)15-8-6-13(7-9-15)17-12-4-2-11(14)3-5-12;/h2-5,13H,6-9,14H2,1H3;1H. The topological polar surface area (TPSA) is 55.6 Å². The van der Waals surface area contributed by atoms with Crippen LogP contribution in [0, 0.1) is 0 Å². The first kappa shape index (κ1) is 14.6. The van der Waals surface area contributed by atoms with Gasteiger partial charge in [-0.25, -0.2) is 0 Å². The molecule has 1 aliphatic rings. The smallest absolute Gasteiger partial charge is 0.219 e. The van der Waals surface area contributed by atoms with Crippen molar-refractivity contribution in [2.24, 2.45) is 0 Å². The molecule has 1 heterocycles. The summed E-state index contributed by atoms with van der Waals surface area (Å²) < 4.78 is 5.84. The van der Waals surface area contributed by atoms with Crippen LogP contribution in [0.5, 0.6) is 5.75 Å². The van der Waals surface area contributed by atoms with E-state index < -0.39 is 0 Å². The van der Waals surface area contributed by atoms with Gasteiger partial charge in [-0.1, -0.05) is 0 Å². The van der Waals surface area contributed by atoms with Gasteiger partial charge in [-0.2, -0.15) is 0 Å². The lowest BCUT2D eigenvalue weighted by atomic mass is 10.1. The van der Waals surface area contributed by atoms with Crippen LogP contribution < -0.4 is 10.5 Å². The highest BCUT2D eigenvalue weighted by atomic mass is 35.5. The van der Waals surface area contributed by atoms with Gasteiger partial charge >= 0.3 is 0 Å². The monoisotopic (exact) mass is 270 g/mol. The van der Waals surface area contributed by atoms with Crippen LogP contribution in [0.3, 0.4) is 0 Å². The second-order valence-corrected chi connectivity index (χ2v) is 4.39. The van der Waals surface area contributed by atoms with Crippen molar-refractivity contribution < 1.29 is 9.53 Å². The van der Waals surface area contributed by atoms with E-state index in [9.17, 15) is 4.79 Å². The van der Waals surface area contributed by atoms with Crippen LogP contribution >= 0.6 is 12.4 Å². The average Bonchev–Trinajstić information content (AvgIpc) is 2.33. The third-order valence-corrected chi connectivity index (χ3v) is 3.07. The van der Waals surface area contributed by atoms with Gasteiger partial charge in [0.2, 0.25) is 5.91 Å². The fourth-order valence-electron chi connectivity index (χ4n) is 2.03.